The Labute approximate surface area is 130 Å². The van der Waals surface area contributed by atoms with E-state index in [0.717, 1.165) is 0 Å². The van der Waals surface area contributed by atoms with Crippen LogP contribution in [0.25, 0.3) is 0 Å². The summed E-state index contributed by atoms with van der Waals surface area (Å²) >= 11 is 0. The van der Waals surface area contributed by atoms with E-state index in [2.05, 4.69) is 0 Å². The van der Waals surface area contributed by atoms with Crippen molar-refractivity contribution in [2.75, 3.05) is 11.5 Å². The van der Waals surface area contributed by atoms with Crippen LogP contribution >= 0.6 is 0 Å². The van der Waals surface area contributed by atoms with Gasteiger partial charge in [-0.2, -0.15) is 0 Å². The summed E-state index contributed by atoms with van der Waals surface area (Å²) in [5.41, 5.74) is 11.0. The van der Waals surface area contributed by atoms with E-state index >= 15 is 0 Å². The molecule has 2 rings (SSSR count). The molecule has 0 saturated carbocycles. The van der Waals surface area contributed by atoms with E-state index in [1.807, 2.05) is 0 Å². The van der Waals surface area contributed by atoms with Gasteiger partial charge in [0.05, 0.1) is 0 Å². The third-order valence-corrected chi connectivity index (χ3v) is 1.84. The minimum Gasteiger partial charge on any atom is -0.871 e. The van der Waals surface area contributed by atoms with Gasteiger partial charge in [0.15, 0.2) is 0 Å². The summed E-state index contributed by atoms with van der Waals surface area (Å²) in [6.07, 6.45) is 0. The average Bonchev–Trinajstić information content (AvgIpc) is 2.28. The fraction of sp³-hybridized carbons (Fsp3) is 0. The van der Waals surface area contributed by atoms with Crippen molar-refractivity contribution in [1.29, 1.82) is 0 Å². The molecule has 2 aromatic carbocycles. The van der Waals surface area contributed by atoms with Crippen molar-refractivity contribution in [3.05, 3.63) is 48.5 Å². The second kappa shape index (κ2) is 8.06. The predicted molar refractivity (Wildman–Crippen MR) is 66.4 cm³/mol. The summed E-state index contributed by atoms with van der Waals surface area (Å²) in [4.78, 5) is 0. The molecular formula is C12H12CaN2O2. The zero-order chi connectivity index (χ0) is 12.0. The quantitative estimate of drug-likeness (QED) is 0.523. The Bertz CT molecular complexity index is 378. The van der Waals surface area contributed by atoms with Crippen molar-refractivity contribution < 1.29 is 10.2 Å². The zero-order valence-corrected chi connectivity index (χ0v) is 11.5. The Morgan fingerprint density at radius 3 is 1.12 bits per heavy atom. The molecule has 4 N–H and O–H groups in total. The van der Waals surface area contributed by atoms with Gasteiger partial charge in [-0.15, -0.1) is 0 Å². The van der Waals surface area contributed by atoms with E-state index in [4.69, 9.17) is 11.5 Å². The Kier molecular flexibility index (Phi) is 7.54. The number of nitrogen functional groups attached to an aromatic ring is 2. The summed E-state index contributed by atoms with van der Waals surface area (Å²) in [6.45, 7) is 0. The topological polar surface area (TPSA) is 98.2 Å². The summed E-state index contributed by atoms with van der Waals surface area (Å²) < 4.78 is 0. The molecule has 0 aliphatic rings. The molecule has 2 aromatic rings. The zero-order valence-electron chi connectivity index (χ0n) is 9.30. The van der Waals surface area contributed by atoms with Crippen molar-refractivity contribution in [2.24, 2.45) is 0 Å². The van der Waals surface area contributed by atoms with Gasteiger partial charge in [-0.05, 0) is 12.1 Å². The number of hydrogen-bond donors (Lipinski definition) is 2. The van der Waals surface area contributed by atoms with Gasteiger partial charge >= 0.3 is 37.7 Å². The van der Waals surface area contributed by atoms with Crippen LogP contribution in [0.1, 0.15) is 0 Å². The van der Waals surface area contributed by atoms with Crippen molar-refractivity contribution in [2.45, 2.75) is 0 Å². The Morgan fingerprint density at radius 2 is 0.941 bits per heavy atom. The molecule has 84 valence electrons. The molecule has 0 radical (unpaired) electrons. The van der Waals surface area contributed by atoms with Gasteiger partial charge in [-0.1, -0.05) is 47.9 Å². The van der Waals surface area contributed by atoms with E-state index in [9.17, 15) is 10.2 Å². The third kappa shape index (κ3) is 5.68. The van der Waals surface area contributed by atoms with Crippen LogP contribution in [0.5, 0.6) is 11.5 Å². The fourth-order valence-electron chi connectivity index (χ4n) is 0.961. The van der Waals surface area contributed by atoms with Gasteiger partial charge in [0, 0.05) is 11.4 Å². The van der Waals surface area contributed by atoms with Gasteiger partial charge in [0.1, 0.15) is 0 Å². The molecule has 0 aromatic heterocycles. The van der Waals surface area contributed by atoms with Gasteiger partial charge in [-0.25, -0.2) is 0 Å². The maximum Gasteiger partial charge on any atom is 2.00 e. The molecule has 0 saturated heterocycles. The van der Waals surface area contributed by atoms with Crippen molar-refractivity contribution in [3.8, 4) is 11.5 Å². The monoisotopic (exact) mass is 256 g/mol. The van der Waals surface area contributed by atoms with Crippen molar-refractivity contribution in [3.63, 3.8) is 0 Å². The summed E-state index contributed by atoms with van der Waals surface area (Å²) in [7, 11) is 0. The standard InChI is InChI=1S/2C6H7NO.Ca/c2*7-5-3-1-2-4-6(5)8;/h2*1-4,8H,7H2;/q;;+2/p-2. The third-order valence-electron chi connectivity index (χ3n) is 1.84. The van der Waals surface area contributed by atoms with Crippen LogP contribution in [0.2, 0.25) is 0 Å². The van der Waals surface area contributed by atoms with E-state index in [-0.39, 0.29) is 49.2 Å². The largest absolute Gasteiger partial charge is 2.00 e. The average molecular weight is 256 g/mol. The first-order chi connectivity index (χ1) is 7.61. The molecule has 5 heteroatoms. The molecule has 17 heavy (non-hydrogen) atoms. The first kappa shape index (κ1) is 15.9. The van der Waals surface area contributed by atoms with Crippen LogP contribution in [-0.2, 0) is 0 Å². The molecule has 0 spiro atoms. The van der Waals surface area contributed by atoms with Gasteiger partial charge in [0.2, 0.25) is 0 Å². The van der Waals surface area contributed by atoms with E-state index in [1.165, 1.54) is 12.1 Å². The number of benzene rings is 2. The maximum absolute atomic E-state index is 10.5. The smallest absolute Gasteiger partial charge is 0.871 e. The van der Waals surface area contributed by atoms with Crippen LogP contribution in [0.15, 0.2) is 48.5 Å². The number of rotatable bonds is 0. The fourth-order valence-corrected chi connectivity index (χ4v) is 0.961. The van der Waals surface area contributed by atoms with E-state index in [1.54, 1.807) is 36.4 Å². The molecule has 0 aliphatic carbocycles. The van der Waals surface area contributed by atoms with Crippen LogP contribution in [0.3, 0.4) is 0 Å². The summed E-state index contributed by atoms with van der Waals surface area (Å²) in [5, 5.41) is 21.0. The molecule has 0 amide bonds. The number of para-hydroxylation sites is 4. The number of hydrogen-bond acceptors (Lipinski definition) is 4. The molecule has 0 bridgehead atoms. The molecule has 0 fully saturated rings. The second-order valence-corrected chi connectivity index (χ2v) is 3.08. The summed E-state index contributed by atoms with van der Waals surface area (Å²) in [6, 6.07) is 12.8. The van der Waals surface area contributed by atoms with Gasteiger partial charge < -0.3 is 21.7 Å². The van der Waals surface area contributed by atoms with Crippen LogP contribution in [-0.4, -0.2) is 37.7 Å². The van der Waals surface area contributed by atoms with Gasteiger partial charge in [-0.3, -0.25) is 0 Å². The number of anilines is 2. The van der Waals surface area contributed by atoms with E-state index in [0.29, 0.717) is 11.4 Å². The first-order valence-corrected chi connectivity index (χ1v) is 4.64. The normalized spacial score (nSPS) is 8.47. The minimum atomic E-state index is -0.104. The molecular weight excluding hydrogens is 244 g/mol. The molecule has 0 heterocycles. The van der Waals surface area contributed by atoms with Crippen molar-refractivity contribution >= 4 is 49.1 Å². The first-order valence-electron chi connectivity index (χ1n) is 4.64. The summed E-state index contributed by atoms with van der Waals surface area (Å²) in [5.74, 6) is -0.208. The maximum atomic E-state index is 10.5. The molecule has 0 atom stereocenters. The van der Waals surface area contributed by atoms with Crippen LogP contribution < -0.4 is 21.7 Å². The van der Waals surface area contributed by atoms with Crippen molar-refractivity contribution in [1.82, 2.24) is 0 Å². The Morgan fingerprint density at radius 1 is 0.647 bits per heavy atom. The predicted octanol–water partition coefficient (Wildman–Crippen LogP) is 0.304. The van der Waals surface area contributed by atoms with Crippen LogP contribution in [0, 0.1) is 0 Å². The van der Waals surface area contributed by atoms with Gasteiger partial charge in [0.25, 0.3) is 0 Å². The molecule has 0 unspecified atom stereocenters. The Hall–Kier alpha value is -1.10. The molecule has 4 nitrogen and oxygen atoms in total. The van der Waals surface area contributed by atoms with E-state index < -0.39 is 0 Å². The molecule has 0 aliphatic heterocycles. The minimum absolute atomic E-state index is 0. The Balaban J connectivity index is 0.000000284. The van der Waals surface area contributed by atoms with Crippen LogP contribution in [0.4, 0.5) is 11.4 Å². The SMILES string of the molecule is Nc1ccccc1[O-].Nc1ccccc1[O-].[Ca+2]. The second-order valence-electron chi connectivity index (χ2n) is 3.08. The number of nitrogens with two attached hydrogens (primary N) is 2.